The van der Waals surface area contributed by atoms with Gasteiger partial charge in [-0.2, -0.15) is 0 Å². The predicted octanol–water partition coefficient (Wildman–Crippen LogP) is 3.40. The van der Waals surface area contributed by atoms with Crippen molar-refractivity contribution in [3.63, 3.8) is 0 Å². The van der Waals surface area contributed by atoms with Crippen LogP contribution in [0.2, 0.25) is 0 Å². The number of aromatic nitrogens is 1. The molecule has 0 fully saturated rings. The van der Waals surface area contributed by atoms with E-state index in [-0.39, 0.29) is 11.9 Å². The quantitative estimate of drug-likeness (QED) is 0.905. The monoisotopic (exact) mass is 298 g/mol. The minimum atomic E-state index is -0.100. The van der Waals surface area contributed by atoms with Gasteiger partial charge in [-0.25, -0.2) is 4.98 Å². The fourth-order valence-corrected chi connectivity index (χ4v) is 2.14. The Labute approximate surface area is 111 Å². The zero-order chi connectivity index (χ0) is 12.8. The van der Waals surface area contributed by atoms with Crippen LogP contribution in [0.1, 0.15) is 44.1 Å². The SMILES string of the molecule is CCC(CC)C(C)NC(=O)c1ccc(Br)cn1. The highest BCUT2D eigenvalue weighted by atomic mass is 79.9. The lowest BCUT2D eigenvalue weighted by molar-refractivity contribution is 0.0920. The molecule has 1 heterocycles. The number of carbonyl (C=O) groups is 1. The molecule has 1 rings (SSSR count). The van der Waals surface area contributed by atoms with Crippen molar-refractivity contribution in [3.05, 3.63) is 28.5 Å². The number of pyridine rings is 1. The number of nitrogens with zero attached hydrogens (tertiary/aromatic N) is 1. The van der Waals surface area contributed by atoms with E-state index in [1.165, 1.54) is 0 Å². The number of rotatable bonds is 5. The Hall–Kier alpha value is -0.900. The van der Waals surface area contributed by atoms with Gasteiger partial charge in [0.1, 0.15) is 5.69 Å². The third-order valence-electron chi connectivity index (χ3n) is 3.07. The van der Waals surface area contributed by atoms with Crippen LogP contribution in [0.15, 0.2) is 22.8 Å². The lowest BCUT2D eigenvalue weighted by Crippen LogP contribution is -2.38. The number of carbonyl (C=O) groups excluding carboxylic acids is 1. The van der Waals surface area contributed by atoms with Gasteiger partial charge in [-0.05, 0) is 40.9 Å². The molecule has 1 aromatic heterocycles. The van der Waals surface area contributed by atoms with E-state index in [1.54, 1.807) is 12.3 Å². The second-order valence-corrected chi connectivity index (χ2v) is 5.12. The first kappa shape index (κ1) is 14.2. The molecule has 0 aliphatic carbocycles. The van der Waals surface area contributed by atoms with E-state index in [2.05, 4.69) is 47.0 Å². The minimum Gasteiger partial charge on any atom is -0.348 e. The normalized spacial score (nSPS) is 12.5. The van der Waals surface area contributed by atoms with Gasteiger partial charge < -0.3 is 5.32 Å². The molecule has 1 unspecified atom stereocenters. The standard InChI is InChI=1S/C13H19BrN2O/c1-4-10(5-2)9(3)16-13(17)12-7-6-11(14)8-15-12/h6-10H,4-5H2,1-3H3,(H,16,17). The Morgan fingerprint density at radius 3 is 2.53 bits per heavy atom. The average molecular weight is 299 g/mol. The molecule has 1 amide bonds. The number of halogens is 1. The number of amides is 1. The van der Waals surface area contributed by atoms with E-state index in [0.717, 1.165) is 17.3 Å². The first-order valence-corrected chi connectivity index (χ1v) is 6.80. The van der Waals surface area contributed by atoms with Crippen LogP contribution in [0, 0.1) is 5.92 Å². The summed E-state index contributed by atoms with van der Waals surface area (Å²) in [6.07, 6.45) is 3.79. The largest absolute Gasteiger partial charge is 0.348 e. The van der Waals surface area contributed by atoms with Gasteiger partial charge in [0.25, 0.3) is 5.91 Å². The van der Waals surface area contributed by atoms with Crippen molar-refractivity contribution in [1.82, 2.24) is 10.3 Å². The first-order valence-electron chi connectivity index (χ1n) is 6.00. The summed E-state index contributed by atoms with van der Waals surface area (Å²) < 4.78 is 0.877. The molecule has 1 aromatic rings. The van der Waals surface area contributed by atoms with Crippen molar-refractivity contribution in [2.75, 3.05) is 0 Å². The van der Waals surface area contributed by atoms with E-state index < -0.39 is 0 Å². The predicted molar refractivity (Wildman–Crippen MR) is 72.9 cm³/mol. The number of hydrogen-bond donors (Lipinski definition) is 1. The van der Waals surface area contributed by atoms with Gasteiger partial charge in [0.15, 0.2) is 0 Å². The molecular weight excluding hydrogens is 280 g/mol. The molecule has 0 aliphatic heterocycles. The summed E-state index contributed by atoms with van der Waals surface area (Å²) in [5, 5.41) is 3.00. The molecule has 0 bridgehead atoms. The van der Waals surface area contributed by atoms with Crippen molar-refractivity contribution < 1.29 is 4.79 Å². The zero-order valence-corrected chi connectivity index (χ0v) is 12.1. The average Bonchev–Trinajstić information content (AvgIpc) is 2.31. The molecule has 94 valence electrons. The second-order valence-electron chi connectivity index (χ2n) is 4.20. The van der Waals surface area contributed by atoms with Gasteiger partial charge in [0.2, 0.25) is 0 Å². The highest BCUT2D eigenvalue weighted by molar-refractivity contribution is 9.10. The van der Waals surface area contributed by atoms with Gasteiger partial charge in [-0.15, -0.1) is 0 Å². The molecule has 17 heavy (non-hydrogen) atoms. The van der Waals surface area contributed by atoms with E-state index in [0.29, 0.717) is 11.6 Å². The molecule has 1 N–H and O–H groups in total. The Kier molecular flexibility index (Phi) is 5.62. The first-order chi connectivity index (χ1) is 8.08. The van der Waals surface area contributed by atoms with Gasteiger partial charge in [0, 0.05) is 16.7 Å². The van der Waals surface area contributed by atoms with Crippen molar-refractivity contribution >= 4 is 21.8 Å². The topological polar surface area (TPSA) is 42.0 Å². The van der Waals surface area contributed by atoms with E-state index in [9.17, 15) is 4.79 Å². The van der Waals surface area contributed by atoms with Crippen LogP contribution in [0.5, 0.6) is 0 Å². The summed E-state index contributed by atoms with van der Waals surface area (Å²) in [7, 11) is 0. The number of hydrogen-bond acceptors (Lipinski definition) is 2. The molecule has 4 heteroatoms. The summed E-state index contributed by atoms with van der Waals surface area (Å²) >= 11 is 3.30. The molecule has 0 spiro atoms. The molecule has 0 aromatic carbocycles. The Balaban J connectivity index is 2.62. The molecule has 3 nitrogen and oxygen atoms in total. The highest BCUT2D eigenvalue weighted by Crippen LogP contribution is 2.13. The summed E-state index contributed by atoms with van der Waals surface area (Å²) in [4.78, 5) is 16.0. The summed E-state index contributed by atoms with van der Waals surface area (Å²) in [5.74, 6) is 0.422. The lowest BCUT2D eigenvalue weighted by atomic mass is 9.95. The minimum absolute atomic E-state index is 0.100. The van der Waals surface area contributed by atoms with Crippen LogP contribution < -0.4 is 5.32 Å². The lowest BCUT2D eigenvalue weighted by Gasteiger charge is -2.22. The Morgan fingerprint density at radius 1 is 1.41 bits per heavy atom. The zero-order valence-electron chi connectivity index (χ0n) is 10.5. The van der Waals surface area contributed by atoms with E-state index in [4.69, 9.17) is 0 Å². The fourth-order valence-electron chi connectivity index (χ4n) is 1.90. The van der Waals surface area contributed by atoms with Gasteiger partial charge in [-0.1, -0.05) is 26.7 Å². The van der Waals surface area contributed by atoms with Gasteiger partial charge in [-0.3, -0.25) is 4.79 Å². The van der Waals surface area contributed by atoms with Crippen LogP contribution in [0.3, 0.4) is 0 Å². The summed E-state index contributed by atoms with van der Waals surface area (Å²) in [6.45, 7) is 6.35. The van der Waals surface area contributed by atoms with E-state index in [1.807, 2.05) is 6.07 Å². The number of nitrogens with one attached hydrogen (secondary N) is 1. The van der Waals surface area contributed by atoms with Crippen molar-refractivity contribution in [1.29, 1.82) is 0 Å². The van der Waals surface area contributed by atoms with Crippen LogP contribution in [-0.2, 0) is 0 Å². The summed E-state index contributed by atoms with van der Waals surface area (Å²) in [5.41, 5.74) is 0.464. The molecule has 0 saturated heterocycles. The molecule has 0 radical (unpaired) electrons. The molecular formula is C13H19BrN2O. The third kappa shape index (κ3) is 4.11. The molecule has 1 atom stereocenters. The van der Waals surface area contributed by atoms with Crippen LogP contribution in [-0.4, -0.2) is 16.9 Å². The third-order valence-corrected chi connectivity index (χ3v) is 3.54. The van der Waals surface area contributed by atoms with E-state index >= 15 is 0 Å². The van der Waals surface area contributed by atoms with Gasteiger partial charge >= 0.3 is 0 Å². The van der Waals surface area contributed by atoms with Crippen LogP contribution in [0.25, 0.3) is 0 Å². The van der Waals surface area contributed by atoms with Crippen molar-refractivity contribution in [3.8, 4) is 0 Å². The Bertz CT molecular complexity index is 360. The fraction of sp³-hybridized carbons (Fsp3) is 0.538. The maximum Gasteiger partial charge on any atom is 0.270 e. The van der Waals surface area contributed by atoms with Crippen molar-refractivity contribution in [2.45, 2.75) is 39.7 Å². The second kappa shape index (κ2) is 6.74. The maximum atomic E-state index is 11.9. The van der Waals surface area contributed by atoms with Gasteiger partial charge in [0.05, 0.1) is 0 Å². The smallest absolute Gasteiger partial charge is 0.270 e. The maximum absolute atomic E-state index is 11.9. The summed E-state index contributed by atoms with van der Waals surface area (Å²) in [6, 6.07) is 3.73. The molecule has 0 aliphatic rings. The van der Waals surface area contributed by atoms with Crippen LogP contribution >= 0.6 is 15.9 Å². The van der Waals surface area contributed by atoms with Crippen molar-refractivity contribution in [2.24, 2.45) is 5.92 Å². The van der Waals surface area contributed by atoms with Crippen LogP contribution in [0.4, 0.5) is 0 Å². The Morgan fingerprint density at radius 2 is 2.06 bits per heavy atom. The highest BCUT2D eigenvalue weighted by Gasteiger charge is 2.17. The molecule has 0 saturated carbocycles.